The molecule has 3 aromatic carbocycles. The number of benzene rings is 3. The molecule has 0 saturated heterocycles. The Labute approximate surface area is 194 Å². The van der Waals surface area contributed by atoms with E-state index in [1.807, 2.05) is 44.2 Å². The smallest absolute Gasteiger partial charge is 0.261 e. The predicted molar refractivity (Wildman–Crippen MR) is 126 cm³/mol. The number of nitrogens with one attached hydrogen (secondary N) is 1. The maximum atomic E-state index is 13.1. The van der Waals surface area contributed by atoms with Crippen LogP contribution in [-0.4, -0.2) is 39.0 Å². The van der Waals surface area contributed by atoms with Crippen LogP contribution in [0.2, 0.25) is 0 Å². The average molecular weight is 467 g/mol. The molecule has 1 amide bonds. The van der Waals surface area contributed by atoms with Crippen LogP contribution in [0.4, 0.5) is 5.69 Å². The zero-order valence-electron chi connectivity index (χ0n) is 18.6. The number of para-hydroxylation sites is 1. The summed E-state index contributed by atoms with van der Waals surface area (Å²) in [5.41, 5.74) is 2.69. The lowest BCUT2D eigenvalue weighted by Crippen LogP contribution is -2.30. The van der Waals surface area contributed by atoms with Crippen molar-refractivity contribution in [2.45, 2.75) is 25.3 Å². The number of fused-ring (bicyclic) bond motifs is 1. The quantitative estimate of drug-likeness (QED) is 0.563. The molecule has 0 fully saturated rings. The lowest BCUT2D eigenvalue weighted by atomic mass is 10.1. The fourth-order valence-corrected chi connectivity index (χ4v) is 4.71. The Morgan fingerprint density at radius 1 is 0.970 bits per heavy atom. The molecule has 0 saturated carbocycles. The number of carbonyl (C=O) groups excluding carboxylic acids is 1. The fraction of sp³-hybridized carbons (Fsp3) is 0.240. The van der Waals surface area contributed by atoms with Gasteiger partial charge in [-0.15, -0.1) is 0 Å². The van der Waals surface area contributed by atoms with E-state index in [9.17, 15) is 13.2 Å². The molecular weight excluding hydrogens is 440 g/mol. The first-order valence-corrected chi connectivity index (χ1v) is 12.2. The SMILES string of the molecule is CCN(Cc1ccc2c(c1)OCCO2)C(=O)c1ccc(S(=O)(=O)Nc2ccccc2C)cc1. The third kappa shape index (κ3) is 5.12. The fourth-order valence-electron chi connectivity index (χ4n) is 3.58. The highest BCUT2D eigenvalue weighted by Crippen LogP contribution is 2.31. The van der Waals surface area contributed by atoms with Crippen LogP contribution in [0.15, 0.2) is 71.6 Å². The first-order chi connectivity index (χ1) is 15.9. The summed E-state index contributed by atoms with van der Waals surface area (Å²) in [6.07, 6.45) is 0. The molecule has 1 aliphatic heterocycles. The van der Waals surface area contributed by atoms with Crippen molar-refractivity contribution in [1.82, 2.24) is 4.90 Å². The van der Waals surface area contributed by atoms with Crippen molar-refractivity contribution in [3.8, 4) is 11.5 Å². The highest BCUT2D eigenvalue weighted by molar-refractivity contribution is 7.92. The van der Waals surface area contributed by atoms with Gasteiger partial charge in [-0.2, -0.15) is 0 Å². The van der Waals surface area contributed by atoms with E-state index in [4.69, 9.17) is 9.47 Å². The Balaban J connectivity index is 1.48. The number of aryl methyl sites for hydroxylation is 1. The van der Waals surface area contributed by atoms with Gasteiger partial charge in [-0.05, 0) is 67.4 Å². The van der Waals surface area contributed by atoms with Crippen molar-refractivity contribution < 1.29 is 22.7 Å². The Hall–Kier alpha value is -3.52. The Morgan fingerprint density at radius 3 is 2.36 bits per heavy atom. The first kappa shape index (κ1) is 22.7. The summed E-state index contributed by atoms with van der Waals surface area (Å²) >= 11 is 0. The van der Waals surface area contributed by atoms with Crippen LogP contribution in [-0.2, 0) is 16.6 Å². The van der Waals surface area contributed by atoms with Crippen molar-refractivity contribution in [2.24, 2.45) is 0 Å². The Bertz CT molecular complexity index is 1260. The van der Waals surface area contributed by atoms with Crippen molar-refractivity contribution in [3.63, 3.8) is 0 Å². The standard InChI is InChI=1S/C25H26N2O5S/c1-3-27(17-19-8-13-23-24(16-19)32-15-14-31-23)25(28)20-9-11-21(12-10-20)33(29,30)26-22-7-5-4-6-18(22)2/h4-13,16,26H,3,14-15,17H2,1-2H3. The zero-order chi connectivity index (χ0) is 23.4. The molecule has 1 heterocycles. The summed E-state index contributed by atoms with van der Waals surface area (Å²) < 4.78 is 39.3. The number of carbonyl (C=O) groups is 1. The molecule has 3 aromatic rings. The number of anilines is 1. The van der Waals surface area contributed by atoms with Crippen molar-refractivity contribution in [1.29, 1.82) is 0 Å². The summed E-state index contributed by atoms with van der Waals surface area (Å²) in [6.45, 7) is 5.67. The second kappa shape index (κ2) is 9.54. The van der Waals surface area contributed by atoms with E-state index in [-0.39, 0.29) is 10.8 Å². The largest absolute Gasteiger partial charge is 0.486 e. The second-order valence-electron chi connectivity index (χ2n) is 7.74. The van der Waals surface area contributed by atoms with Crippen molar-refractivity contribution in [2.75, 3.05) is 24.5 Å². The van der Waals surface area contributed by atoms with Gasteiger partial charge in [0.15, 0.2) is 11.5 Å². The lowest BCUT2D eigenvalue weighted by molar-refractivity contribution is 0.0752. The van der Waals surface area contributed by atoms with Gasteiger partial charge in [-0.25, -0.2) is 8.42 Å². The van der Waals surface area contributed by atoms with Gasteiger partial charge in [0.25, 0.3) is 15.9 Å². The van der Waals surface area contributed by atoms with E-state index in [0.717, 1.165) is 11.1 Å². The van der Waals surface area contributed by atoms with Crippen LogP contribution >= 0.6 is 0 Å². The molecule has 4 rings (SSSR count). The normalized spacial score (nSPS) is 12.8. The number of sulfonamides is 1. The molecule has 0 bridgehead atoms. The zero-order valence-corrected chi connectivity index (χ0v) is 19.4. The minimum atomic E-state index is -3.76. The molecule has 172 valence electrons. The molecule has 1 aliphatic rings. The molecule has 8 heteroatoms. The highest BCUT2D eigenvalue weighted by atomic mass is 32.2. The van der Waals surface area contributed by atoms with Gasteiger partial charge in [0.1, 0.15) is 13.2 Å². The monoisotopic (exact) mass is 466 g/mol. The van der Waals surface area contributed by atoms with Gasteiger partial charge >= 0.3 is 0 Å². The van der Waals surface area contributed by atoms with Gasteiger partial charge in [0.2, 0.25) is 0 Å². The number of ether oxygens (including phenoxy) is 2. The van der Waals surface area contributed by atoms with Gasteiger partial charge in [0, 0.05) is 18.7 Å². The lowest BCUT2D eigenvalue weighted by Gasteiger charge is -2.23. The van der Waals surface area contributed by atoms with E-state index in [1.54, 1.807) is 29.2 Å². The maximum Gasteiger partial charge on any atom is 0.261 e. The molecule has 0 spiro atoms. The van der Waals surface area contributed by atoms with Crippen LogP contribution in [0.3, 0.4) is 0 Å². The molecule has 0 radical (unpaired) electrons. The molecule has 0 unspecified atom stereocenters. The van der Waals surface area contributed by atoms with Gasteiger partial charge in [-0.3, -0.25) is 9.52 Å². The number of amides is 1. The molecule has 0 atom stereocenters. The third-order valence-electron chi connectivity index (χ3n) is 5.45. The van der Waals surface area contributed by atoms with E-state index in [2.05, 4.69) is 4.72 Å². The Kier molecular flexibility index (Phi) is 6.55. The van der Waals surface area contributed by atoms with Crippen LogP contribution in [0.1, 0.15) is 28.4 Å². The number of hydrogen-bond donors (Lipinski definition) is 1. The summed E-state index contributed by atoms with van der Waals surface area (Å²) in [4.78, 5) is 14.9. The Morgan fingerprint density at radius 2 is 1.67 bits per heavy atom. The molecular formula is C25H26N2O5S. The summed E-state index contributed by atoms with van der Waals surface area (Å²) in [7, 11) is -3.76. The first-order valence-electron chi connectivity index (χ1n) is 10.7. The number of hydrogen-bond acceptors (Lipinski definition) is 5. The summed E-state index contributed by atoms with van der Waals surface area (Å²) in [5, 5.41) is 0. The van der Waals surface area contributed by atoms with Gasteiger partial charge in [0.05, 0.1) is 10.6 Å². The summed E-state index contributed by atoms with van der Waals surface area (Å²) in [5.74, 6) is 1.21. The van der Waals surface area contributed by atoms with Crippen LogP contribution in [0.5, 0.6) is 11.5 Å². The van der Waals surface area contributed by atoms with E-state index in [1.165, 1.54) is 12.1 Å². The second-order valence-corrected chi connectivity index (χ2v) is 9.42. The number of nitrogens with zero attached hydrogens (tertiary/aromatic N) is 1. The average Bonchev–Trinajstić information content (AvgIpc) is 2.83. The minimum Gasteiger partial charge on any atom is -0.486 e. The summed E-state index contributed by atoms with van der Waals surface area (Å²) in [6, 6.07) is 18.8. The third-order valence-corrected chi connectivity index (χ3v) is 6.83. The minimum absolute atomic E-state index is 0.0946. The molecule has 0 aromatic heterocycles. The van der Waals surface area contributed by atoms with Crippen molar-refractivity contribution in [3.05, 3.63) is 83.4 Å². The van der Waals surface area contributed by atoms with Gasteiger partial charge < -0.3 is 14.4 Å². The molecule has 0 aliphatic carbocycles. The van der Waals surface area contributed by atoms with Crippen LogP contribution in [0.25, 0.3) is 0 Å². The molecule has 7 nitrogen and oxygen atoms in total. The van der Waals surface area contributed by atoms with Crippen LogP contribution in [0, 0.1) is 6.92 Å². The number of rotatable bonds is 7. The molecule has 33 heavy (non-hydrogen) atoms. The van der Waals surface area contributed by atoms with E-state index < -0.39 is 10.0 Å². The van der Waals surface area contributed by atoms with Gasteiger partial charge in [-0.1, -0.05) is 24.3 Å². The highest BCUT2D eigenvalue weighted by Gasteiger charge is 2.19. The maximum absolute atomic E-state index is 13.1. The molecule has 1 N–H and O–H groups in total. The predicted octanol–water partition coefficient (Wildman–Crippen LogP) is 4.23. The topological polar surface area (TPSA) is 84.9 Å². The van der Waals surface area contributed by atoms with Crippen LogP contribution < -0.4 is 14.2 Å². The van der Waals surface area contributed by atoms with E-state index >= 15 is 0 Å². The van der Waals surface area contributed by atoms with Crippen molar-refractivity contribution >= 4 is 21.6 Å². The van der Waals surface area contributed by atoms with E-state index in [0.29, 0.717) is 49.1 Å².